The monoisotopic (exact) mass is 484 g/mol. The average Bonchev–Trinajstić information content (AvgIpc) is 2.56. The van der Waals surface area contributed by atoms with Crippen molar-refractivity contribution in [3.8, 4) is 5.75 Å². The molecular formula is C18H18Br2N2O2S. The molecule has 2 aromatic carbocycles. The van der Waals surface area contributed by atoms with Gasteiger partial charge in [0, 0.05) is 10.0 Å². The number of ether oxygens (including phenoxy) is 1. The molecule has 0 aliphatic rings. The summed E-state index contributed by atoms with van der Waals surface area (Å²) in [7, 11) is 0. The van der Waals surface area contributed by atoms with Gasteiger partial charge in [0.1, 0.15) is 5.75 Å². The standard InChI is InChI=1S/C18H18Br2N2O2S/c1-3-8-24-16-7-5-12(10-14(16)20)17(23)22-18(25)21-15-6-4-11(2)9-13(15)19/h4-7,9-10H,3,8H2,1-2H3,(H2,21,22,23,25). The van der Waals surface area contributed by atoms with Crippen LogP contribution in [0.25, 0.3) is 0 Å². The Morgan fingerprint density at radius 2 is 1.92 bits per heavy atom. The van der Waals surface area contributed by atoms with Crippen LogP contribution in [0.15, 0.2) is 45.3 Å². The molecular weight excluding hydrogens is 468 g/mol. The Morgan fingerprint density at radius 1 is 1.16 bits per heavy atom. The number of carbonyl (C=O) groups is 1. The number of halogens is 2. The molecule has 0 heterocycles. The van der Waals surface area contributed by atoms with Crippen LogP contribution < -0.4 is 15.4 Å². The van der Waals surface area contributed by atoms with E-state index in [1.807, 2.05) is 32.0 Å². The van der Waals surface area contributed by atoms with Gasteiger partial charge in [-0.1, -0.05) is 13.0 Å². The first-order valence-electron chi connectivity index (χ1n) is 7.71. The summed E-state index contributed by atoms with van der Waals surface area (Å²) in [4.78, 5) is 12.3. The highest BCUT2D eigenvalue weighted by atomic mass is 79.9. The van der Waals surface area contributed by atoms with Gasteiger partial charge in [0.15, 0.2) is 5.11 Å². The van der Waals surface area contributed by atoms with Crippen LogP contribution in [0, 0.1) is 6.92 Å². The van der Waals surface area contributed by atoms with Crippen LogP contribution in [0.2, 0.25) is 0 Å². The van der Waals surface area contributed by atoms with Crippen molar-refractivity contribution in [2.45, 2.75) is 20.3 Å². The van der Waals surface area contributed by atoms with Gasteiger partial charge in [-0.15, -0.1) is 0 Å². The SMILES string of the molecule is CCCOc1ccc(C(=O)NC(=S)Nc2ccc(C)cc2Br)cc1Br. The van der Waals surface area contributed by atoms with Crippen LogP contribution in [-0.4, -0.2) is 17.6 Å². The summed E-state index contributed by atoms with van der Waals surface area (Å²) in [5.41, 5.74) is 2.41. The van der Waals surface area contributed by atoms with Crippen LogP contribution in [0.1, 0.15) is 29.3 Å². The van der Waals surface area contributed by atoms with Gasteiger partial charge in [-0.2, -0.15) is 0 Å². The molecule has 0 spiro atoms. The molecule has 7 heteroatoms. The van der Waals surface area contributed by atoms with Crippen molar-refractivity contribution in [1.29, 1.82) is 0 Å². The fourth-order valence-electron chi connectivity index (χ4n) is 2.02. The van der Waals surface area contributed by atoms with Crippen LogP contribution in [-0.2, 0) is 0 Å². The minimum atomic E-state index is -0.288. The molecule has 1 amide bonds. The van der Waals surface area contributed by atoms with E-state index in [-0.39, 0.29) is 11.0 Å². The summed E-state index contributed by atoms with van der Waals surface area (Å²) in [5.74, 6) is 0.422. The number of carbonyl (C=O) groups excluding carboxylic acids is 1. The molecule has 0 fully saturated rings. The average molecular weight is 486 g/mol. The lowest BCUT2D eigenvalue weighted by Crippen LogP contribution is -2.34. The summed E-state index contributed by atoms with van der Waals surface area (Å²) in [6.07, 6.45) is 0.920. The lowest BCUT2D eigenvalue weighted by Gasteiger charge is -2.12. The topological polar surface area (TPSA) is 50.4 Å². The minimum absolute atomic E-state index is 0.233. The van der Waals surface area contributed by atoms with Gasteiger partial charge in [-0.3, -0.25) is 10.1 Å². The number of hydrogen-bond donors (Lipinski definition) is 2. The Labute approximate surface area is 169 Å². The number of thiocarbonyl (C=S) groups is 1. The second kappa shape index (κ2) is 9.31. The molecule has 2 rings (SSSR count). The number of aryl methyl sites for hydroxylation is 1. The van der Waals surface area contributed by atoms with Gasteiger partial charge in [-0.25, -0.2) is 0 Å². The lowest BCUT2D eigenvalue weighted by molar-refractivity contribution is 0.0977. The van der Waals surface area contributed by atoms with Crippen molar-refractivity contribution in [2.75, 3.05) is 11.9 Å². The van der Waals surface area contributed by atoms with Gasteiger partial charge in [0.05, 0.1) is 16.8 Å². The number of hydrogen-bond acceptors (Lipinski definition) is 3. The van der Waals surface area contributed by atoms with Gasteiger partial charge < -0.3 is 10.1 Å². The number of amides is 1. The molecule has 2 N–H and O–H groups in total. The highest BCUT2D eigenvalue weighted by Crippen LogP contribution is 2.26. The van der Waals surface area contributed by atoms with E-state index >= 15 is 0 Å². The summed E-state index contributed by atoms with van der Waals surface area (Å²) >= 11 is 12.1. The fraction of sp³-hybridized carbons (Fsp3) is 0.222. The molecule has 0 aromatic heterocycles. The molecule has 25 heavy (non-hydrogen) atoms. The van der Waals surface area contributed by atoms with Crippen molar-refractivity contribution in [1.82, 2.24) is 5.32 Å². The molecule has 0 bridgehead atoms. The second-order valence-electron chi connectivity index (χ2n) is 5.39. The maximum Gasteiger partial charge on any atom is 0.257 e. The van der Waals surface area contributed by atoms with Gasteiger partial charge >= 0.3 is 0 Å². The van der Waals surface area contributed by atoms with Crippen LogP contribution in [0.3, 0.4) is 0 Å². The van der Waals surface area contributed by atoms with E-state index < -0.39 is 0 Å². The van der Waals surface area contributed by atoms with Crippen molar-refractivity contribution >= 4 is 60.8 Å². The van der Waals surface area contributed by atoms with E-state index in [1.54, 1.807) is 18.2 Å². The molecule has 0 atom stereocenters. The van der Waals surface area contributed by atoms with E-state index in [9.17, 15) is 4.79 Å². The number of anilines is 1. The van der Waals surface area contributed by atoms with E-state index in [1.165, 1.54) is 0 Å². The van der Waals surface area contributed by atoms with Gasteiger partial charge in [-0.05, 0) is 93.3 Å². The predicted molar refractivity (Wildman–Crippen MR) is 112 cm³/mol. The molecule has 0 aliphatic carbocycles. The third kappa shape index (κ3) is 5.80. The molecule has 0 saturated carbocycles. The predicted octanol–water partition coefficient (Wildman–Crippen LogP) is 5.44. The largest absolute Gasteiger partial charge is 0.492 e. The fourth-order valence-corrected chi connectivity index (χ4v) is 3.31. The van der Waals surface area contributed by atoms with E-state index in [0.717, 1.165) is 26.6 Å². The Kier molecular flexibility index (Phi) is 7.40. The zero-order chi connectivity index (χ0) is 18.4. The van der Waals surface area contributed by atoms with Crippen molar-refractivity contribution in [3.63, 3.8) is 0 Å². The smallest absolute Gasteiger partial charge is 0.257 e. The van der Waals surface area contributed by atoms with Gasteiger partial charge in [0.25, 0.3) is 5.91 Å². The molecule has 0 saturated heterocycles. The third-order valence-electron chi connectivity index (χ3n) is 3.26. The highest BCUT2D eigenvalue weighted by Gasteiger charge is 2.11. The third-order valence-corrected chi connectivity index (χ3v) is 4.74. The zero-order valence-corrected chi connectivity index (χ0v) is 17.8. The maximum atomic E-state index is 12.3. The number of nitrogens with one attached hydrogen (secondary N) is 2. The normalized spacial score (nSPS) is 10.2. The lowest BCUT2D eigenvalue weighted by atomic mass is 10.2. The van der Waals surface area contributed by atoms with Gasteiger partial charge in [0.2, 0.25) is 0 Å². The number of rotatable bonds is 5. The Balaban J connectivity index is 2.01. The molecule has 2 aromatic rings. The first kappa shape index (κ1) is 19.9. The molecule has 132 valence electrons. The first-order chi connectivity index (χ1) is 11.9. The van der Waals surface area contributed by atoms with Crippen LogP contribution >= 0.6 is 44.1 Å². The zero-order valence-electron chi connectivity index (χ0n) is 13.9. The van der Waals surface area contributed by atoms with Crippen LogP contribution in [0.5, 0.6) is 5.75 Å². The van der Waals surface area contributed by atoms with E-state index in [4.69, 9.17) is 17.0 Å². The first-order valence-corrected chi connectivity index (χ1v) is 9.71. The molecule has 0 aliphatic heterocycles. The Bertz CT molecular complexity index is 797. The maximum absolute atomic E-state index is 12.3. The molecule has 4 nitrogen and oxygen atoms in total. The molecule has 0 radical (unpaired) electrons. The van der Waals surface area contributed by atoms with E-state index in [2.05, 4.69) is 42.5 Å². The van der Waals surface area contributed by atoms with Crippen molar-refractivity contribution in [3.05, 3.63) is 56.5 Å². The summed E-state index contributed by atoms with van der Waals surface area (Å²) < 4.78 is 7.19. The second-order valence-corrected chi connectivity index (χ2v) is 7.50. The van der Waals surface area contributed by atoms with Crippen molar-refractivity contribution in [2.24, 2.45) is 0 Å². The quantitative estimate of drug-likeness (QED) is 0.554. The van der Waals surface area contributed by atoms with Crippen LogP contribution in [0.4, 0.5) is 5.69 Å². The summed E-state index contributed by atoms with van der Waals surface area (Å²) in [6.45, 7) is 4.67. The highest BCUT2D eigenvalue weighted by molar-refractivity contribution is 9.11. The summed E-state index contributed by atoms with van der Waals surface area (Å²) in [5, 5.41) is 5.92. The Hall–Kier alpha value is -1.44. The Morgan fingerprint density at radius 3 is 2.56 bits per heavy atom. The molecule has 0 unspecified atom stereocenters. The van der Waals surface area contributed by atoms with E-state index in [0.29, 0.717) is 17.9 Å². The summed E-state index contributed by atoms with van der Waals surface area (Å²) in [6, 6.07) is 11.0. The van der Waals surface area contributed by atoms with Crippen molar-refractivity contribution < 1.29 is 9.53 Å². The number of benzene rings is 2. The minimum Gasteiger partial charge on any atom is -0.492 e.